The molecule has 15 heavy (non-hydrogen) atoms. The van der Waals surface area contributed by atoms with E-state index < -0.39 is 0 Å². The van der Waals surface area contributed by atoms with Crippen LogP contribution < -0.4 is 5.56 Å². The first-order valence-electron chi connectivity index (χ1n) is 5.00. The number of esters is 1. The predicted octanol–water partition coefficient (Wildman–Crippen LogP) is 0.863. The minimum Gasteiger partial charge on any atom is -0.466 e. The molecule has 1 heterocycles. The van der Waals surface area contributed by atoms with Crippen molar-refractivity contribution in [1.29, 1.82) is 0 Å². The Balaban J connectivity index is 2.79. The predicted molar refractivity (Wildman–Crippen MR) is 55.8 cm³/mol. The number of H-pyrrole nitrogens is 1. The lowest BCUT2D eigenvalue weighted by atomic mass is 10.2. The van der Waals surface area contributed by atoms with Gasteiger partial charge in [-0.1, -0.05) is 0 Å². The van der Waals surface area contributed by atoms with Gasteiger partial charge in [-0.3, -0.25) is 14.3 Å². The summed E-state index contributed by atoms with van der Waals surface area (Å²) < 4.78 is 6.25. The van der Waals surface area contributed by atoms with E-state index in [1.54, 1.807) is 13.1 Å². The monoisotopic (exact) mass is 212 g/mol. The molecule has 0 unspecified atom stereocenters. The van der Waals surface area contributed by atoms with Crippen molar-refractivity contribution in [3.63, 3.8) is 0 Å². The number of carbonyl (C=O) groups excluding carboxylic acids is 1. The number of hydrogen-bond donors (Lipinski definition) is 1. The molecule has 0 radical (unpaired) electrons. The molecule has 0 saturated heterocycles. The second kappa shape index (κ2) is 4.82. The lowest BCUT2D eigenvalue weighted by Crippen LogP contribution is -2.22. The fourth-order valence-electron chi connectivity index (χ4n) is 1.30. The number of carbonyl (C=O) groups is 1. The molecule has 84 valence electrons. The van der Waals surface area contributed by atoms with Gasteiger partial charge in [-0.25, -0.2) is 0 Å². The maximum Gasteiger partial charge on any atom is 0.310 e. The van der Waals surface area contributed by atoms with E-state index in [1.165, 1.54) is 4.68 Å². The van der Waals surface area contributed by atoms with E-state index in [4.69, 9.17) is 4.74 Å². The summed E-state index contributed by atoms with van der Waals surface area (Å²) in [4.78, 5) is 22.8. The Hall–Kier alpha value is -1.52. The highest BCUT2D eigenvalue weighted by molar-refractivity contribution is 5.72. The van der Waals surface area contributed by atoms with Crippen molar-refractivity contribution in [2.75, 3.05) is 6.61 Å². The quantitative estimate of drug-likeness (QED) is 0.753. The molecule has 5 heteroatoms. The number of hydrogen-bond acceptors (Lipinski definition) is 3. The van der Waals surface area contributed by atoms with Crippen LogP contribution in [0.5, 0.6) is 0 Å². The molecule has 0 bridgehead atoms. The average Bonchev–Trinajstić information content (AvgIpc) is 2.48. The molecule has 0 aliphatic carbocycles. The summed E-state index contributed by atoms with van der Waals surface area (Å²) in [6.07, 6.45) is 1.59. The maximum atomic E-state index is 11.7. The molecule has 1 rings (SSSR count). The van der Waals surface area contributed by atoms with Crippen LogP contribution in [0.2, 0.25) is 0 Å². The zero-order valence-corrected chi connectivity index (χ0v) is 9.24. The summed E-state index contributed by atoms with van der Waals surface area (Å²) in [5.41, 5.74) is 0.292. The van der Waals surface area contributed by atoms with E-state index in [0.29, 0.717) is 12.2 Å². The minimum atomic E-state index is -0.371. The third-order valence-corrected chi connectivity index (χ3v) is 2.03. The van der Waals surface area contributed by atoms with E-state index in [1.807, 2.05) is 13.8 Å². The zero-order valence-electron chi connectivity index (χ0n) is 9.24. The Kier molecular flexibility index (Phi) is 3.71. The van der Waals surface area contributed by atoms with Gasteiger partial charge < -0.3 is 9.84 Å². The van der Waals surface area contributed by atoms with Crippen LogP contribution >= 0.6 is 0 Å². The molecule has 0 fully saturated rings. The van der Waals surface area contributed by atoms with E-state index in [-0.39, 0.29) is 24.0 Å². The van der Waals surface area contributed by atoms with Gasteiger partial charge in [-0.15, -0.1) is 0 Å². The van der Waals surface area contributed by atoms with Crippen LogP contribution in [-0.2, 0) is 16.0 Å². The van der Waals surface area contributed by atoms with E-state index in [2.05, 4.69) is 5.10 Å². The largest absolute Gasteiger partial charge is 0.466 e. The number of nitrogens with zero attached hydrogens (tertiary/aromatic N) is 1. The highest BCUT2D eigenvalue weighted by Crippen LogP contribution is 2.00. The van der Waals surface area contributed by atoms with Gasteiger partial charge in [0, 0.05) is 17.8 Å². The smallest absolute Gasteiger partial charge is 0.310 e. The topological polar surface area (TPSA) is 64.1 Å². The van der Waals surface area contributed by atoms with Gasteiger partial charge in [0.15, 0.2) is 0 Å². The Morgan fingerprint density at radius 3 is 2.73 bits per heavy atom. The van der Waals surface area contributed by atoms with Crippen molar-refractivity contribution >= 4 is 5.97 Å². The van der Waals surface area contributed by atoms with Crippen LogP contribution in [0.15, 0.2) is 11.0 Å². The molecular weight excluding hydrogens is 196 g/mol. The van der Waals surface area contributed by atoms with Gasteiger partial charge in [-0.2, -0.15) is 0 Å². The van der Waals surface area contributed by atoms with E-state index >= 15 is 0 Å². The Morgan fingerprint density at radius 1 is 1.60 bits per heavy atom. The lowest BCUT2D eigenvalue weighted by Gasteiger charge is -2.03. The summed E-state index contributed by atoms with van der Waals surface area (Å²) in [5, 5.41) is 2.82. The summed E-state index contributed by atoms with van der Waals surface area (Å²) in [6.45, 7) is 5.86. The lowest BCUT2D eigenvalue weighted by molar-refractivity contribution is -0.142. The second-order valence-electron chi connectivity index (χ2n) is 3.55. The van der Waals surface area contributed by atoms with Gasteiger partial charge in [0.2, 0.25) is 0 Å². The molecule has 0 aliphatic rings. The Bertz CT molecular complexity index is 390. The fourth-order valence-corrected chi connectivity index (χ4v) is 1.30. The van der Waals surface area contributed by atoms with Crippen molar-refractivity contribution in [2.45, 2.75) is 33.2 Å². The summed E-state index contributed by atoms with van der Waals surface area (Å²) in [6, 6.07) is 0.0634. The van der Waals surface area contributed by atoms with Crippen molar-refractivity contribution < 1.29 is 9.53 Å². The standard InChI is InChI=1S/C10H16N2O3/c1-4-15-9(13)5-8-6-11-12(7(2)3)10(8)14/h6-7,11H,4-5H2,1-3H3. The van der Waals surface area contributed by atoms with Crippen molar-refractivity contribution in [2.24, 2.45) is 0 Å². The Morgan fingerprint density at radius 2 is 2.27 bits per heavy atom. The molecule has 0 spiro atoms. The zero-order chi connectivity index (χ0) is 11.4. The normalized spacial score (nSPS) is 10.7. The summed E-state index contributed by atoms with van der Waals surface area (Å²) in [7, 11) is 0. The van der Waals surface area contributed by atoms with E-state index in [0.717, 1.165) is 0 Å². The van der Waals surface area contributed by atoms with Gasteiger partial charge in [-0.05, 0) is 20.8 Å². The van der Waals surface area contributed by atoms with Gasteiger partial charge in [0.25, 0.3) is 5.56 Å². The highest BCUT2D eigenvalue weighted by atomic mass is 16.5. The van der Waals surface area contributed by atoms with Gasteiger partial charge >= 0.3 is 5.97 Å². The van der Waals surface area contributed by atoms with E-state index in [9.17, 15) is 9.59 Å². The molecule has 1 N–H and O–H groups in total. The number of aromatic amines is 1. The van der Waals surface area contributed by atoms with Gasteiger partial charge in [0.05, 0.1) is 13.0 Å². The fraction of sp³-hybridized carbons (Fsp3) is 0.600. The van der Waals surface area contributed by atoms with Crippen LogP contribution in [0, 0.1) is 0 Å². The molecular formula is C10H16N2O3. The molecule has 0 aliphatic heterocycles. The molecule has 0 saturated carbocycles. The molecule has 1 aromatic rings. The van der Waals surface area contributed by atoms with Crippen LogP contribution in [0.3, 0.4) is 0 Å². The van der Waals surface area contributed by atoms with Gasteiger partial charge in [0.1, 0.15) is 0 Å². The van der Waals surface area contributed by atoms with Crippen molar-refractivity contribution in [3.8, 4) is 0 Å². The first kappa shape index (κ1) is 11.6. The molecule has 0 aromatic carbocycles. The molecule has 1 aromatic heterocycles. The Labute approximate surface area is 88.0 Å². The maximum absolute atomic E-state index is 11.7. The van der Waals surface area contributed by atoms with Crippen molar-refractivity contribution in [1.82, 2.24) is 9.78 Å². The average molecular weight is 212 g/mol. The summed E-state index contributed by atoms with van der Waals surface area (Å²) >= 11 is 0. The number of aromatic nitrogens is 2. The third-order valence-electron chi connectivity index (χ3n) is 2.03. The minimum absolute atomic E-state index is 0.0306. The second-order valence-corrected chi connectivity index (χ2v) is 3.55. The van der Waals surface area contributed by atoms with Crippen LogP contribution in [0.4, 0.5) is 0 Å². The molecule has 0 amide bonds. The molecule has 0 atom stereocenters. The SMILES string of the molecule is CCOC(=O)Cc1c[nH]n(C(C)C)c1=O. The highest BCUT2D eigenvalue weighted by Gasteiger charge is 2.12. The third kappa shape index (κ3) is 2.71. The summed E-state index contributed by atoms with van der Waals surface area (Å²) in [5.74, 6) is -0.371. The first-order valence-corrected chi connectivity index (χ1v) is 5.00. The molecule has 5 nitrogen and oxygen atoms in total. The number of ether oxygens (including phenoxy) is 1. The first-order chi connectivity index (χ1) is 7.06. The number of rotatable bonds is 4. The van der Waals surface area contributed by atoms with Crippen molar-refractivity contribution in [3.05, 3.63) is 22.1 Å². The number of nitrogens with one attached hydrogen (secondary N) is 1. The van der Waals surface area contributed by atoms with Crippen LogP contribution in [0.1, 0.15) is 32.4 Å². The van der Waals surface area contributed by atoms with Crippen LogP contribution in [0.25, 0.3) is 0 Å². The van der Waals surface area contributed by atoms with Crippen LogP contribution in [-0.4, -0.2) is 22.4 Å².